The number of nitrogens with zero attached hydrogens (tertiary/aromatic N) is 2. The van der Waals surface area contributed by atoms with Gasteiger partial charge in [0.25, 0.3) is 11.7 Å². The first kappa shape index (κ1) is 12.9. The minimum atomic E-state index is -3.12. The number of alkyl halides is 2. The molecular formula is C7H2BrClF2N2O3. The van der Waals surface area contributed by atoms with Crippen molar-refractivity contribution >= 4 is 38.6 Å². The number of carbonyl (C=O) groups is 1. The molecule has 0 aliphatic carbocycles. The molecule has 0 bridgehead atoms. The van der Waals surface area contributed by atoms with Gasteiger partial charge in [-0.25, -0.2) is 8.78 Å². The Morgan fingerprint density at radius 1 is 1.62 bits per heavy atom. The summed E-state index contributed by atoms with van der Waals surface area (Å²) in [5.41, 5.74) is -1.29. The molecule has 0 saturated carbocycles. The van der Waals surface area contributed by atoms with Gasteiger partial charge in [-0.15, -0.1) is 0 Å². The third kappa shape index (κ3) is 2.50. The first-order valence-corrected chi connectivity index (χ1v) is 4.84. The molecule has 0 amide bonds. The molecule has 1 heterocycles. The second-order valence-electron chi connectivity index (χ2n) is 2.57. The van der Waals surface area contributed by atoms with Crippen LogP contribution in [0.25, 0.3) is 0 Å². The maximum Gasteiger partial charge on any atom is 0.373 e. The van der Waals surface area contributed by atoms with Crippen molar-refractivity contribution in [1.29, 1.82) is 0 Å². The van der Waals surface area contributed by atoms with E-state index in [-0.39, 0.29) is 10.2 Å². The second-order valence-corrected chi connectivity index (χ2v) is 3.67. The van der Waals surface area contributed by atoms with Gasteiger partial charge in [-0.1, -0.05) is 0 Å². The average molecular weight is 315 g/mol. The van der Waals surface area contributed by atoms with E-state index in [1.54, 1.807) is 0 Å². The van der Waals surface area contributed by atoms with Crippen molar-refractivity contribution in [2.24, 2.45) is 0 Å². The quantitative estimate of drug-likeness (QED) is 0.372. The second kappa shape index (κ2) is 4.79. The Balaban J connectivity index is 3.49. The number of aromatic nitrogens is 1. The Morgan fingerprint density at radius 2 is 2.19 bits per heavy atom. The van der Waals surface area contributed by atoms with Gasteiger partial charge in [0.05, 0.1) is 5.56 Å². The van der Waals surface area contributed by atoms with Crippen molar-refractivity contribution < 1.29 is 18.5 Å². The van der Waals surface area contributed by atoms with Gasteiger partial charge in [-0.05, 0) is 27.6 Å². The molecule has 1 aromatic heterocycles. The molecule has 9 heteroatoms. The molecule has 0 radical (unpaired) electrons. The van der Waals surface area contributed by atoms with Crippen LogP contribution in [-0.4, -0.2) is 15.1 Å². The molecule has 0 unspecified atom stereocenters. The van der Waals surface area contributed by atoms with Crippen molar-refractivity contribution in [3.8, 4) is 0 Å². The number of hydrogen-bond donors (Lipinski definition) is 0. The van der Waals surface area contributed by atoms with E-state index in [2.05, 4.69) is 20.9 Å². The third-order valence-corrected chi connectivity index (χ3v) is 2.41. The number of carbonyl (C=O) groups excluding carboxylic acids is 1. The van der Waals surface area contributed by atoms with Crippen LogP contribution in [-0.2, 0) is 0 Å². The van der Waals surface area contributed by atoms with Gasteiger partial charge in [0.15, 0.2) is 0 Å². The Morgan fingerprint density at radius 3 is 2.56 bits per heavy atom. The van der Waals surface area contributed by atoms with E-state index in [1.165, 1.54) is 0 Å². The third-order valence-electron chi connectivity index (χ3n) is 1.60. The molecule has 0 saturated heterocycles. The fourth-order valence-corrected chi connectivity index (χ4v) is 1.66. The van der Waals surface area contributed by atoms with Gasteiger partial charge in [0, 0.05) is 15.9 Å². The van der Waals surface area contributed by atoms with E-state index in [9.17, 15) is 23.7 Å². The number of pyridine rings is 1. The van der Waals surface area contributed by atoms with E-state index >= 15 is 0 Å². The lowest BCUT2D eigenvalue weighted by Gasteiger charge is -2.03. The zero-order valence-corrected chi connectivity index (χ0v) is 9.63. The summed E-state index contributed by atoms with van der Waals surface area (Å²) in [5, 5.41) is 9.40. The van der Waals surface area contributed by atoms with Crippen LogP contribution in [0.4, 0.5) is 14.6 Å². The number of hydrogen-bond acceptors (Lipinski definition) is 4. The predicted molar refractivity (Wildman–Crippen MR) is 53.7 cm³/mol. The molecular weight excluding hydrogens is 313 g/mol. The van der Waals surface area contributed by atoms with Crippen LogP contribution in [0, 0.1) is 10.1 Å². The summed E-state index contributed by atoms with van der Waals surface area (Å²) in [6, 6.07) is 0.648. The molecule has 0 aliphatic rings. The van der Waals surface area contributed by atoms with Gasteiger partial charge >= 0.3 is 5.82 Å². The van der Waals surface area contributed by atoms with E-state index < -0.39 is 28.0 Å². The monoisotopic (exact) mass is 314 g/mol. The lowest BCUT2D eigenvalue weighted by atomic mass is 10.2. The molecule has 0 atom stereocenters. The Labute approximate surface area is 101 Å². The van der Waals surface area contributed by atoms with Gasteiger partial charge in [0.2, 0.25) is 4.60 Å². The molecule has 0 fully saturated rings. The summed E-state index contributed by atoms with van der Waals surface area (Å²) in [6.07, 6.45) is -3.12. The van der Waals surface area contributed by atoms with Crippen LogP contribution in [0.15, 0.2) is 10.7 Å². The molecule has 1 rings (SSSR count). The van der Waals surface area contributed by atoms with E-state index in [1.807, 2.05) is 0 Å². The molecule has 0 spiro atoms. The normalized spacial score (nSPS) is 10.6. The Bertz CT molecular complexity index is 469. The standard InChI is InChI=1S/C7H2BrClF2N2O3/c8-4-2(5(9)14)1-3(6(10)11)7(12-4)13(15)16/h1,6H. The summed E-state index contributed by atoms with van der Waals surface area (Å²) in [6.45, 7) is 0. The van der Waals surface area contributed by atoms with Crippen LogP contribution < -0.4 is 0 Å². The highest BCUT2D eigenvalue weighted by Crippen LogP contribution is 2.31. The fraction of sp³-hybridized carbons (Fsp3) is 0.143. The number of rotatable bonds is 3. The van der Waals surface area contributed by atoms with E-state index in [0.717, 1.165) is 0 Å². The largest absolute Gasteiger partial charge is 0.373 e. The summed E-state index contributed by atoms with van der Waals surface area (Å²) in [4.78, 5) is 23.4. The van der Waals surface area contributed by atoms with E-state index in [0.29, 0.717) is 6.07 Å². The van der Waals surface area contributed by atoms with Crippen LogP contribution >= 0.6 is 27.5 Å². The molecule has 86 valence electrons. The van der Waals surface area contributed by atoms with Gasteiger partial charge in [-0.3, -0.25) is 4.79 Å². The van der Waals surface area contributed by atoms with Crippen molar-refractivity contribution in [2.75, 3.05) is 0 Å². The molecule has 16 heavy (non-hydrogen) atoms. The smallest absolute Gasteiger partial charge is 0.358 e. The van der Waals surface area contributed by atoms with Crippen LogP contribution in [0.5, 0.6) is 0 Å². The Kier molecular flexibility index (Phi) is 3.87. The van der Waals surface area contributed by atoms with Gasteiger partial charge < -0.3 is 10.1 Å². The summed E-state index contributed by atoms with van der Waals surface area (Å²) < 4.78 is 24.7. The highest BCUT2D eigenvalue weighted by molar-refractivity contribution is 9.10. The van der Waals surface area contributed by atoms with Gasteiger partial charge in [-0.2, -0.15) is 0 Å². The van der Waals surface area contributed by atoms with E-state index in [4.69, 9.17) is 11.6 Å². The maximum atomic E-state index is 12.4. The highest BCUT2D eigenvalue weighted by Gasteiger charge is 2.28. The van der Waals surface area contributed by atoms with Crippen molar-refractivity contribution in [3.63, 3.8) is 0 Å². The first-order valence-electron chi connectivity index (χ1n) is 3.67. The minimum Gasteiger partial charge on any atom is -0.358 e. The highest BCUT2D eigenvalue weighted by atomic mass is 79.9. The van der Waals surface area contributed by atoms with Crippen LogP contribution in [0.1, 0.15) is 22.3 Å². The summed E-state index contributed by atoms with van der Waals surface area (Å²) in [7, 11) is 0. The molecule has 0 aromatic carbocycles. The topological polar surface area (TPSA) is 73.1 Å². The molecule has 5 nitrogen and oxygen atoms in total. The first-order chi connectivity index (χ1) is 7.34. The molecule has 0 aliphatic heterocycles. The lowest BCUT2D eigenvalue weighted by Crippen LogP contribution is -2.04. The van der Waals surface area contributed by atoms with Gasteiger partial charge in [0.1, 0.15) is 5.56 Å². The summed E-state index contributed by atoms with van der Waals surface area (Å²) >= 11 is 7.83. The SMILES string of the molecule is O=C(Cl)c1cc(C(F)F)c([N+](=O)[O-])nc1Br. The zero-order chi connectivity index (χ0) is 12.5. The summed E-state index contributed by atoms with van der Waals surface area (Å²) in [5.74, 6) is -1.01. The molecule has 0 N–H and O–H groups in total. The van der Waals surface area contributed by atoms with Crippen LogP contribution in [0.2, 0.25) is 0 Å². The van der Waals surface area contributed by atoms with Crippen molar-refractivity contribution in [2.45, 2.75) is 6.43 Å². The number of halogens is 4. The maximum absolute atomic E-state index is 12.4. The minimum absolute atomic E-state index is 0.247. The van der Waals surface area contributed by atoms with Crippen molar-refractivity contribution in [1.82, 2.24) is 4.98 Å². The fourth-order valence-electron chi connectivity index (χ4n) is 0.942. The van der Waals surface area contributed by atoms with Crippen LogP contribution in [0.3, 0.4) is 0 Å². The Hall–Kier alpha value is -1.15. The number of nitro groups is 1. The predicted octanol–water partition coefficient (Wildman–Crippen LogP) is 3.07. The lowest BCUT2D eigenvalue weighted by molar-refractivity contribution is -0.391. The zero-order valence-electron chi connectivity index (χ0n) is 7.29. The van der Waals surface area contributed by atoms with Crippen molar-refractivity contribution in [3.05, 3.63) is 31.9 Å². The average Bonchev–Trinajstić information content (AvgIpc) is 2.15. The molecule has 1 aromatic rings.